The second kappa shape index (κ2) is 7.72. The van der Waals surface area contributed by atoms with Crippen molar-refractivity contribution in [2.45, 2.75) is 0 Å². The number of imide groups is 1. The van der Waals surface area contributed by atoms with Gasteiger partial charge in [0.2, 0.25) is 5.91 Å². The van der Waals surface area contributed by atoms with Crippen LogP contribution in [-0.4, -0.2) is 28.5 Å². The molecule has 5 nitrogen and oxygen atoms in total. The number of nitrogens with one attached hydrogen (secondary N) is 1. The van der Waals surface area contributed by atoms with Crippen LogP contribution in [0, 0.1) is 5.82 Å². The highest BCUT2D eigenvalue weighted by atomic mass is 35.5. The molecule has 1 aliphatic heterocycles. The number of hydrogen-bond donors (Lipinski definition) is 1. The minimum absolute atomic E-state index is 0.0608. The second-order valence-corrected chi connectivity index (χ2v) is 6.72. The van der Waals surface area contributed by atoms with Crippen LogP contribution in [0.15, 0.2) is 53.4 Å². The summed E-state index contributed by atoms with van der Waals surface area (Å²) in [4.78, 5) is 37.4. The van der Waals surface area contributed by atoms with Gasteiger partial charge in [0.05, 0.1) is 15.6 Å². The van der Waals surface area contributed by atoms with Gasteiger partial charge >= 0.3 is 0 Å². The van der Waals surface area contributed by atoms with Crippen LogP contribution in [0.5, 0.6) is 0 Å². The Kier molecular flexibility index (Phi) is 5.39. The molecule has 132 valence electrons. The molecule has 1 fully saturated rings. The number of carbonyl (C=O) groups excluding carboxylic acids is 3. The van der Waals surface area contributed by atoms with E-state index in [1.54, 1.807) is 30.3 Å². The molecule has 2 aromatic carbocycles. The molecule has 1 heterocycles. The van der Waals surface area contributed by atoms with E-state index in [0.717, 1.165) is 4.90 Å². The van der Waals surface area contributed by atoms with Gasteiger partial charge in [0.1, 0.15) is 12.4 Å². The molecule has 0 spiro atoms. The molecule has 26 heavy (non-hydrogen) atoms. The first kappa shape index (κ1) is 18.2. The highest BCUT2D eigenvalue weighted by molar-refractivity contribution is 8.18. The highest BCUT2D eigenvalue weighted by Crippen LogP contribution is 2.32. The van der Waals surface area contributed by atoms with E-state index < -0.39 is 29.4 Å². The Morgan fingerprint density at radius 3 is 2.58 bits per heavy atom. The molecule has 0 saturated carbocycles. The summed E-state index contributed by atoms with van der Waals surface area (Å²) in [5.41, 5.74) is 0.576. The highest BCUT2D eigenvalue weighted by Gasteiger charge is 2.36. The van der Waals surface area contributed by atoms with Crippen LogP contribution in [-0.2, 0) is 9.59 Å². The quantitative estimate of drug-likeness (QED) is 0.796. The summed E-state index contributed by atoms with van der Waals surface area (Å²) in [6.45, 7) is -0.454. The Labute approximate surface area is 157 Å². The van der Waals surface area contributed by atoms with Crippen molar-refractivity contribution in [3.05, 3.63) is 69.8 Å². The molecule has 0 atom stereocenters. The average Bonchev–Trinajstić information content (AvgIpc) is 2.86. The van der Waals surface area contributed by atoms with E-state index in [0.29, 0.717) is 22.5 Å². The monoisotopic (exact) mass is 390 g/mol. The first-order valence-electron chi connectivity index (χ1n) is 7.50. The van der Waals surface area contributed by atoms with Crippen molar-refractivity contribution in [1.29, 1.82) is 0 Å². The number of hydrogen-bond acceptors (Lipinski definition) is 4. The zero-order chi connectivity index (χ0) is 18.7. The van der Waals surface area contributed by atoms with E-state index in [4.69, 9.17) is 11.6 Å². The van der Waals surface area contributed by atoms with Crippen molar-refractivity contribution in [2.75, 3.05) is 11.9 Å². The van der Waals surface area contributed by atoms with E-state index in [1.165, 1.54) is 24.3 Å². The summed E-state index contributed by atoms with van der Waals surface area (Å²) >= 11 is 6.62. The lowest BCUT2D eigenvalue weighted by Crippen LogP contribution is -2.36. The number of thioether (sulfide) groups is 1. The van der Waals surface area contributed by atoms with Crippen LogP contribution in [0.3, 0.4) is 0 Å². The van der Waals surface area contributed by atoms with Gasteiger partial charge in [0.15, 0.2) is 0 Å². The van der Waals surface area contributed by atoms with Gasteiger partial charge in [0, 0.05) is 5.56 Å². The summed E-state index contributed by atoms with van der Waals surface area (Å²) in [6, 6.07) is 12.5. The van der Waals surface area contributed by atoms with Gasteiger partial charge in [-0.25, -0.2) is 4.39 Å². The maximum atomic E-state index is 13.7. The standard InChI is InChI=1S/C18H12ClFN2O3S/c19-12-6-2-4-8-14(12)21-16(23)10-22-17(24)15(26-18(22)25)9-11-5-1-3-7-13(11)20/h1-9H,10H2,(H,21,23)/b15-9+. The SMILES string of the molecule is O=C(CN1C(=O)S/C(=C/c2ccccc2F)C1=O)Nc1ccccc1Cl. The number of nitrogens with zero attached hydrogens (tertiary/aromatic N) is 1. The largest absolute Gasteiger partial charge is 0.323 e. The maximum absolute atomic E-state index is 13.7. The Morgan fingerprint density at radius 1 is 1.15 bits per heavy atom. The zero-order valence-electron chi connectivity index (χ0n) is 13.2. The molecule has 1 N–H and O–H groups in total. The van der Waals surface area contributed by atoms with E-state index >= 15 is 0 Å². The van der Waals surface area contributed by atoms with E-state index in [-0.39, 0.29) is 10.5 Å². The zero-order valence-corrected chi connectivity index (χ0v) is 14.8. The van der Waals surface area contributed by atoms with Crippen LogP contribution in [0.25, 0.3) is 6.08 Å². The maximum Gasteiger partial charge on any atom is 0.294 e. The van der Waals surface area contributed by atoms with Gasteiger partial charge in [-0.05, 0) is 36.0 Å². The summed E-state index contributed by atoms with van der Waals surface area (Å²) in [5, 5.41) is 2.30. The van der Waals surface area contributed by atoms with Crippen molar-refractivity contribution in [3.8, 4) is 0 Å². The summed E-state index contributed by atoms with van der Waals surface area (Å²) in [7, 11) is 0. The second-order valence-electron chi connectivity index (χ2n) is 5.32. The molecular weight excluding hydrogens is 379 g/mol. The predicted molar refractivity (Wildman–Crippen MR) is 99.2 cm³/mol. The van der Waals surface area contributed by atoms with Crippen LogP contribution in [0.2, 0.25) is 5.02 Å². The first-order valence-corrected chi connectivity index (χ1v) is 8.69. The molecule has 0 unspecified atom stereocenters. The Balaban J connectivity index is 1.72. The summed E-state index contributed by atoms with van der Waals surface area (Å²) < 4.78 is 13.7. The number of anilines is 1. The minimum atomic E-state index is -0.641. The molecule has 3 rings (SSSR count). The lowest BCUT2D eigenvalue weighted by Gasteiger charge is -2.13. The molecule has 0 radical (unpaired) electrons. The predicted octanol–water partition coefficient (Wildman–Crippen LogP) is 4.15. The van der Waals surface area contributed by atoms with Crippen molar-refractivity contribution in [2.24, 2.45) is 0 Å². The first-order chi connectivity index (χ1) is 12.5. The molecule has 0 aromatic heterocycles. The molecule has 0 bridgehead atoms. The third kappa shape index (κ3) is 3.95. The molecule has 1 aliphatic rings. The van der Waals surface area contributed by atoms with Crippen molar-refractivity contribution < 1.29 is 18.8 Å². The molecule has 1 saturated heterocycles. The molecule has 8 heteroatoms. The molecular formula is C18H12ClFN2O3S. The Hall–Kier alpha value is -2.64. The van der Waals surface area contributed by atoms with Gasteiger partial charge in [0.25, 0.3) is 11.1 Å². The lowest BCUT2D eigenvalue weighted by atomic mass is 10.2. The number of rotatable bonds is 4. The average molecular weight is 391 g/mol. The minimum Gasteiger partial charge on any atom is -0.323 e. The molecule has 2 aromatic rings. The number of halogens is 2. The molecule has 3 amide bonds. The summed E-state index contributed by atoms with van der Waals surface area (Å²) in [5.74, 6) is -1.71. The normalized spacial score (nSPS) is 15.6. The number of carbonyl (C=O) groups is 3. The van der Waals surface area contributed by atoms with Crippen LogP contribution in [0.4, 0.5) is 14.9 Å². The van der Waals surface area contributed by atoms with E-state index in [1.807, 2.05) is 0 Å². The third-order valence-electron chi connectivity index (χ3n) is 3.52. The van der Waals surface area contributed by atoms with Gasteiger partial charge in [-0.3, -0.25) is 19.3 Å². The number of para-hydroxylation sites is 1. The van der Waals surface area contributed by atoms with Crippen molar-refractivity contribution >= 4 is 52.2 Å². The van der Waals surface area contributed by atoms with Crippen molar-refractivity contribution in [3.63, 3.8) is 0 Å². The summed E-state index contributed by atoms with van der Waals surface area (Å²) in [6.07, 6.45) is 1.30. The fraction of sp³-hybridized carbons (Fsp3) is 0.0556. The van der Waals surface area contributed by atoms with E-state index in [2.05, 4.69) is 5.32 Å². The third-order valence-corrected chi connectivity index (χ3v) is 4.75. The Morgan fingerprint density at radius 2 is 1.85 bits per heavy atom. The van der Waals surface area contributed by atoms with Gasteiger partial charge in [-0.2, -0.15) is 0 Å². The Bertz CT molecular complexity index is 932. The smallest absolute Gasteiger partial charge is 0.294 e. The van der Waals surface area contributed by atoms with Crippen molar-refractivity contribution in [1.82, 2.24) is 4.90 Å². The number of amides is 3. The van der Waals surface area contributed by atoms with Gasteiger partial charge in [-0.1, -0.05) is 41.9 Å². The lowest BCUT2D eigenvalue weighted by molar-refractivity contribution is -0.127. The van der Waals surface area contributed by atoms with Crippen LogP contribution in [0.1, 0.15) is 5.56 Å². The van der Waals surface area contributed by atoms with Crippen LogP contribution < -0.4 is 5.32 Å². The topological polar surface area (TPSA) is 66.5 Å². The van der Waals surface area contributed by atoms with Gasteiger partial charge < -0.3 is 5.32 Å². The fourth-order valence-corrected chi connectivity index (χ4v) is 3.28. The number of benzene rings is 2. The van der Waals surface area contributed by atoms with E-state index in [9.17, 15) is 18.8 Å². The fourth-order valence-electron chi connectivity index (χ4n) is 2.27. The molecule has 0 aliphatic carbocycles. The van der Waals surface area contributed by atoms with Gasteiger partial charge in [-0.15, -0.1) is 0 Å². The van der Waals surface area contributed by atoms with Crippen LogP contribution >= 0.6 is 23.4 Å².